The number of aliphatic hydroxyl groups excluding tert-OH is 1. The van der Waals surface area contributed by atoms with E-state index < -0.39 is 0 Å². The van der Waals surface area contributed by atoms with Crippen molar-refractivity contribution in [3.8, 4) is 0 Å². The summed E-state index contributed by atoms with van der Waals surface area (Å²) in [5.41, 5.74) is 1.08. The standard InChI is InChI=1S/C9H9NO.C4H9N/c11-7-10-6-5-8-3-1-2-4-9(8)10;1-2-4-5-3-1/h1-6,11H,7H2;5H,1-4H2. The van der Waals surface area contributed by atoms with E-state index in [1.54, 1.807) is 4.57 Å². The smallest absolute Gasteiger partial charge is 0.119 e. The summed E-state index contributed by atoms with van der Waals surface area (Å²) in [6.07, 6.45) is 4.66. The molecular weight excluding hydrogens is 200 g/mol. The van der Waals surface area contributed by atoms with Gasteiger partial charge in [-0.1, -0.05) is 18.2 Å². The van der Waals surface area contributed by atoms with E-state index in [9.17, 15) is 0 Å². The molecule has 0 amide bonds. The van der Waals surface area contributed by atoms with Crippen molar-refractivity contribution < 1.29 is 5.11 Å². The Labute approximate surface area is 95.7 Å². The maximum absolute atomic E-state index is 8.89. The van der Waals surface area contributed by atoms with Crippen LogP contribution in [0.3, 0.4) is 0 Å². The molecule has 1 aliphatic rings. The maximum atomic E-state index is 8.89. The van der Waals surface area contributed by atoms with E-state index >= 15 is 0 Å². The molecule has 3 heteroatoms. The molecule has 2 N–H and O–H groups in total. The van der Waals surface area contributed by atoms with Crippen LogP contribution in [0, 0.1) is 0 Å². The molecule has 0 atom stereocenters. The van der Waals surface area contributed by atoms with E-state index in [2.05, 4.69) is 5.32 Å². The molecule has 0 spiro atoms. The van der Waals surface area contributed by atoms with Gasteiger partial charge >= 0.3 is 0 Å². The first kappa shape index (κ1) is 11.2. The molecule has 1 aromatic carbocycles. The average Bonchev–Trinajstić information content (AvgIpc) is 3.02. The van der Waals surface area contributed by atoms with Crippen molar-refractivity contribution in [2.75, 3.05) is 13.1 Å². The second-order valence-corrected chi connectivity index (χ2v) is 3.94. The van der Waals surface area contributed by atoms with Gasteiger partial charge in [0.1, 0.15) is 6.73 Å². The summed E-state index contributed by atoms with van der Waals surface area (Å²) < 4.78 is 1.80. The summed E-state index contributed by atoms with van der Waals surface area (Å²) in [4.78, 5) is 0. The van der Waals surface area contributed by atoms with E-state index in [1.165, 1.54) is 31.3 Å². The van der Waals surface area contributed by atoms with Gasteiger partial charge < -0.3 is 15.0 Å². The SMILES string of the molecule is C1CCNC1.OCn1ccc2ccccc21. The van der Waals surface area contributed by atoms with Crippen LogP contribution in [0.25, 0.3) is 10.9 Å². The fourth-order valence-corrected chi connectivity index (χ4v) is 1.89. The number of benzene rings is 1. The van der Waals surface area contributed by atoms with Crippen molar-refractivity contribution in [1.82, 2.24) is 9.88 Å². The van der Waals surface area contributed by atoms with Crippen LogP contribution in [-0.4, -0.2) is 22.8 Å². The van der Waals surface area contributed by atoms with E-state index in [1.807, 2.05) is 36.5 Å². The quantitative estimate of drug-likeness (QED) is 0.767. The molecule has 16 heavy (non-hydrogen) atoms. The number of aromatic nitrogens is 1. The van der Waals surface area contributed by atoms with Gasteiger partial charge in [0.2, 0.25) is 0 Å². The van der Waals surface area contributed by atoms with Gasteiger partial charge in [-0.05, 0) is 43.5 Å². The largest absolute Gasteiger partial charge is 0.376 e. The Morgan fingerprint density at radius 3 is 2.50 bits per heavy atom. The zero-order chi connectivity index (χ0) is 11.2. The topological polar surface area (TPSA) is 37.2 Å². The third-order valence-electron chi connectivity index (χ3n) is 2.79. The molecular formula is C13H18N2O. The molecule has 1 fully saturated rings. The normalized spacial score (nSPS) is 14.8. The number of rotatable bonds is 1. The van der Waals surface area contributed by atoms with Crippen molar-refractivity contribution in [3.05, 3.63) is 36.5 Å². The van der Waals surface area contributed by atoms with Gasteiger partial charge in [0.15, 0.2) is 0 Å². The lowest BCUT2D eigenvalue weighted by atomic mass is 10.2. The lowest BCUT2D eigenvalue weighted by Gasteiger charge is -1.97. The second-order valence-electron chi connectivity index (χ2n) is 3.94. The summed E-state index contributed by atoms with van der Waals surface area (Å²) in [6.45, 7) is 2.55. The first-order chi connectivity index (χ1) is 7.92. The van der Waals surface area contributed by atoms with Crippen LogP contribution in [0.4, 0.5) is 0 Å². The van der Waals surface area contributed by atoms with Gasteiger partial charge in [0.25, 0.3) is 0 Å². The van der Waals surface area contributed by atoms with Gasteiger partial charge in [0, 0.05) is 11.7 Å². The number of hydrogen-bond donors (Lipinski definition) is 2. The number of nitrogens with zero attached hydrogens (tertiary/aromatic N) is 1. The van der Waals surface area contributed by atoms with Gasteiger partial charge in [-0.3, -0.25) is 0 Å². The van der Waals surface area contributed by atoms with Gasteiger partial charge in [0.05, 0.1) is 0 Å². The van der Waals surface area contributed by atoms with Crippen LogP contribution in [0.2, 0.25) is 0 Å². The monoisotopic (exact) mass is 218 g/mol. The molecule has 2 heterocycles. The molecule has 0 aliphatic carbocycles. The van der Waals surface area contributed by atoms with Crippen molar-refractivity contribution in [1.29, 1.82) is 0 Å². The highest BCUT2D eigenvalue weighted by molar-refractivity contribution is 5.79. The molecule has 1 saturated heterocycles. The van der Waals surface area contributed by atoms with E-state index in [0.717, 1.165) is 5.52 Å². The zero-order valence-corrected chi connectivity index (χ0v) is 9.39. The number of aliphatic hydroxyl groups is 1. The Balaban J connectivity index is 0.000000162. The lowest BCUT2D eigenvalue weighted by molar-refractivity contribution is 0.215. The van der Waals surface area contributed by atoms with Crippen LogP contribution in [0.15, 0.2) is 36.5 Å². The summed E-state index contributed by atoms with van der Waals surface area (Å²) >= 11 is 0. The molecule has 86 valence electrons. The second kappa shape index (κ2) is 5.68. The third-order valence-corrected chi connectivity index (χ3v) is 2.79. The molecule has 0 bridgehead atoms. The molecule has 2 aromatic rings. The van der Waals surface area contributed by atoms with E-state index in [-0.39, 0.29) is 6.73 Å². The highest BCUT2D eigenvalue weighted by Gasteiger charge is 1.95. The summed E-state index contributed by atoms with van der Waals surface area (Å²) in [5, 5.41) is 13.3. The Morgan fingerprint density at radius 1 is 1.12 bits per heavy atom. The van der Waals surface area contributed by atoms with E-state index in [0.29, 0.717) is 0 Å². The molecule has 3 rings (SSSR count). The molecule has 0 radical (unpaired) electrons. The fraction of sp³-hybridized carbons (Fsp3) is 0.385. The Morgan fingerprint density at radius 2 is 1.88 bits per heavy atom. The zero-order valence-electron chi connectivity index (χ0n) is 9.39. The van der Waals surface area contributed by atoms with Crippen LogP contribution >= 0.6 is 0 Å². The predicted octanol–water partition coefficient (Wildman–Crippen LogP) is 1.96. The Bertz CT molecular complexity index is 425. The lowest BCUT2D eigenvalue weighted by Crippen LogP contribution is -2.03. The first-order valence-corrected chi connectivity index (χ1v) is 5.77. The minimum absolute atomic E-state index is 0.0491. The Hall–Kier alpha value is -1.32. The third kappa shape index (κ3) is 2.62. The number of fused-ring (bicyclic) bond motifs is 1. The summed E-state index contributed by atoms with van der Waals surface area (Å²) in [5.74, 6) is 0. The first-order valence-electron chi connectivity index (χ1n) is 5.77. The minimum Gasteiger partial charge on any atom is -0.376 e. The molecule has 3 nitrogen and oxygen atoms in total. The van der Waals surface area contributed by atoms with Gasteiger partial charge in [-0.15, -0.1) is 0 Å². The van der Waals surface area contributed by atoms with Gasteiger partial charge in [-0.2, -0.15) is 0 Å². The Kier molecular flexibility index (Phi) is 3.97. The fourth-order valence-electron chi connectivity index (χ4n) is 1.89. The molecule has 1 aromatic heterocycles. The van der Waals surface area contributed by atoms with Crippen LogP contribution in [0.1, 0.15) is 12.8 Å². The number of hydrogen-bond acceptors (Lipinski definition) is 2. The number of nitrogens with one attached hydrogen (secondary N) is 1. The van der Waals surface area contributed by atoms with Crippen molar-refractivity contribution in [2.45, 2.75) is 19.6 Å². The molecule has 0 saturated carbocycles. The van der Waals surface area contributed by atoms with Gasteiger partial charge in [-0.25, -0.2) is 0 Å². The van der Waals surface area contributed by atoms with Crippen molar-refractivity contribution >= 4 is 10.9 Å². The van der Waals surface area contributed by atoms with E-state index in [4.69, 9.17) is 5.11 Å². The number of para-hydroxylation sites is 1. The summed E-state index contributed by atoms with van der Waals surface area (Å²) in [6, 6.07) is 9.97. The average molecular weight is 218 g/mol. The molecule has 1 aliphatic heterocycles. The summed E-state index contributed by atoms with van der Waals surface area (Å²) in [7, 11) is 0. The van der Waals surface area contributed by atoms with Crippen molar-refractivity contribution in [2.24, 2.45) is 0 Å². The predicted molar refractivity (Wildman–Crippen MR) is 66.3 cm³/mol. The van der Waals surface area contributed by atoms with Crippen LogP contribution < -0.4 is 5.32 Å². The molecule has 0 unspecified atom stereocenters. The van der Waals surface area contributed by atoms with Crippen LogP contribution in [0.5, 0.6) is 0 Å². The minimum atomic E-state index is 0.0491. The van der Waals surface area contributed by atoms with Crippen LogP contribution in [-0.2, 0) is 6.73 Å². The van der Waals surface area contributed by atoms with Crippen molar-refractivity contribution in [3.63, 3.8) is 0 Å². The highest BCUT2D eigenvalue weighted by Crippen LogP contribution is 2.13. The maximum Gasteiger partial charge on any atom is 0.119 e. The highest BCUT2D eigenvalue weighted by atomic mass is 16.3.